The Morgan fingerprint density at radius 2 is 1.20 bits per heavy atom. The third kappa shape index (κ3) is 16.6. The summed E-state index contributed by atoms with van der Waals surface area (Å²) in [5.41, 5.74) is 0. The molecule has 0 aromatic carbocycles. The molecule has 4 heteroatoms. The Bertz CT molecular complexity index is 294. The lowest BCUT2D eigenvalue weighted by atomic mass is 9.99. The molecule has 0 heterocycles. The second-order valence-corrected chi connectivity index (χ2v) is 7.22. The largest absolute Gasteiger partial charge is 0.466 e. The molecule has 0 aromatic heterocycles. The van der Waals surface area contributed by atoms with Crippen LogP contribution in [0.3, 0.4) is 0 Å². The maximum absolute atomic E-state index is 11.3. The summed E-state index contributed by atoms with van der Waals surface area (Å²) in [6.45, 7) is 4.73. The number of carbonyl (C=O) groups is 1. The molecule has 0 aliphatic heterocycles. The van der Waals surface area contributed by atoms with Crippen molar-refractivity contribution in [2.75, 3.05) is 6.61 Å². The zero-order valence-electron chi connectivity index (χ0n) is 16.7. The van der Waals surface area contributed by atoms with Crippen molar-refractivity contribution in [3.63, 3.8) is 0 Å². The van der Waals surface area contributed by atoms with Crippen LogP contribution in [0.5, 0.6) is 0 Å². The first-order valence-electron chi connectivity index (χ1n) is 10.6. The highest BCUT2D eigenvalue weighted by molar-refractivity contribution is 5.69. The third-order valence-corrected chi connectivity index (χ3v) is 4.65. The molecular weight excluding hydrogens is 316 g/mol. The molecule has 0 saturated carbocycles. The van der Waals surface area contributed by atoms with Crippen LogP contribution in [0.4, 0.5) is 0 Å². The van der Waals surface area contributed by atoms with Gasteiger partial charge in [0, 0.05) is 6.42 Å². The summed E-state index contributed by atoms with van der Waals surface area (Å²) in [5.74, 6) is -0.0879. The Morgan fingerprint density at radius 1 is 0.720 bits per heavy atom. The second-order valence-electron chi connectivity index (χ2n) is 7.22. The molecule has 150 valence electrons. The van der Waals surface area contributed by atoms with Gasteiger partial charge in [0.05, 0.1) is 18.8 Å². The molecule has 2 atom stereocenters. The van der Waals surface area contributed by atoms with Crippen LogP contribution in [-0.4, -0.2) is 35.0 Å². The second kappa shape index (κ2) is 18.2. The van der Waals surface area contributed by atoms with Crippen LogP contribution in [0.15, 0.2) is 0 Å². The molecule has 0 bridgehead atoms. The molecule has 0 fully saturated rings. The van der Waals surface area contributed by atoms with Crippen LogP contribution in [0.1, 0.15) is 110 Å². The highest BCUT2D eigenvalue weighted by Gasteiger charge is 2.15. The summed E-state index contributed by atoms with van der Waals surface area (Å²) in [4.78, 5) is 11.3. The van der Waals surface area contributed by atoms with Crippen LogP contribution in [-0.2, 0) is 9.53 Å². The van der Waals surface area contributed by atoms with Crippen molar-refractivity contribution in [2.24, 2.45) is 0 Å². The standard InChI is InChI=1S/C21H42O4/c1-3-5-6-7-9-12-15-19(22)20(23)16-13-10-8-11-14-17-21(24)25-18-4-2/h19-20,22-23H,3-18H2,1-2H3/t19-,20-/m1/s1. The van der Waals surface area contributed by atoms with Crippen LogP contribution in [0, 0.1) is 0 Å². The number of hydrogen-bond donors (Lipinski definition) is 2. The molecule has 0 spiro atoms. The van der Waals surface area contributed by atoms with E-state index < -0.39 is 12.2 Å². The first kappa shape index (κ1) is 24.4. The number of ether oxygens (including phenoxy) is 1. The van der Waals surface area contributed by atoms with Gasteiger partial charge < -0.3 is 14.9 Å². The highest BCUT2D eigenvalue weighted by atomic mass is 16.5. The number of carbonyl (C=O) groups excluding carboxylic acids is 1. The van der Waals surface area contributed by atoms with E-state index in [0.29, 0.717) is 25.9 Å². The number of rotatable bonds is 18. The fourth-order valence-corrected chi connectivity index (χ4v) is 2.96. The van der Waals surface area contributed by atoms with Crippen LogP contribution in [0.2, 0.25) is 0 Å². The molecule has 4 nitrogen and oxygen atoms in total. The summed E-state index contributed by atoms with van der Waals surface area (Å²) < 4.78 is 5.04. The van der Waals surface area contributed by atoms with Gasteiger partial charge in [-0.3, -0.25) is 4.79 Å². The van der Waals surface area contributed by atoms with E-state index in [2.05, 4.69) is 6.92 Å². The lowest BCUT2D eigenvalue weighted by molar-refractivity contribution is -0.143. The van der Waals surface area contributed by atoms with Gasteiger partial charge >= 0.3 is 5.97 Å². The van der Waals surface area contributed by atoms with Crippen molar-refractivity contribution in [3.05, 3.63) is 0 Å². The predicted molar refractivity (Wildman–Crippen MR) is 104 cm³/mol. The van der Waals surface area contributed by atoms with E-state index in [-0.39, 0.29) is 5.97 Å². The Morgan fingerprint density at radius 3 is 1.72 bits per heavy atom. The van der Waals surface area contributed by atoms with E-state index in [1.54, 1.807) is 0 Å². The highest BCUT2D eigenvalue weighted by Crippen LogP contribution is 2.15. The van der Waals surface area contributed by atoms with E-state index in [4.69, 9.17) is 4.74 Å². The van der Waals surface area contributed by atoms with Gasteiger partial charge in [-0.2, -0.15) is 0 Å². The molecule has 0 aliphatic carbocycles. The quantitative estimate of drug-likeness (QED) is 0.263. The number of unbranched alkanes of at least 4 members (excludes halogenated alkanes) is 9. The molecule has 0 radical (unpaired) electrons. The number of aliphatic hydroxyl groups excluding tert-OH is 2. The average molecular weight is 359 g/mol. The Hall–Kier alpha value is -0.610. The topological polar surface area (TPSA) is 66.8 Å². The van der Waals surface area contributed by atoms with Crippen LogP contribution < -0.4 is 0 Å². The van der Waals surface area contributed by atoms with E-state index in [9.17, 15) is 15.0 Å². The van der Waals surface area contributed by atoms with E-state index >= 15 is 0 Å². The van der Waals surface area contributed by atoms with Crippen molar-refractivity contribution < 1.29 is 19.7 Å². The van der Waals surface area contributed by atoms with Gasteiger partial charge in [-0.15, -0.1) is 0 Å². The number of hydrogen-bond acceptors (Lipinski definition) is 4. The van der Waals surface area contributed by atoms with E-state index in [1.165, 1.54) is 25.7 Å². The average Bonchev–Trinajstić information content (AvgIpc) is 2.61. The molecule has 0 aliphatic rings. The summed E-state index contributed by atoms with van der Waals surface area (Å²) in [6, 6.07) is 0. The molecule has 0 amide bonds. The molecular formula is C21H42O4. The Labute approximate surface area is 155 Å². The van der Waals surface area contributed by atoms with Crippen molar-refractivity contribution in [1.82, 2.24) is 0 Å². The lowest BCUT2D eigenvalue weighted by Crippen LogP contribution is -2.25. The Kier molecular flexibility index (Phi) is 17.7. The first-order chi connectivity index (χ1) is 12.1. The predicted octanol–water partition coefficient (Wildman–Crippen LogP) is 5.14. The van der Waals surface area contributed by atoms with Gasteiger partial charge in [-0.25, -0.2) is 0 Å². The minimum atomic E-state index is -0.584. The maximum atomic E-state index is 11.3. The Balaban J connectivity index is 3.41. The maximum Gasteiger partial charge on any atom is 0.305 e. The van der Waals surface area contributed by atoms with Crippen molar-refractivity contribution in [2.45, 2.75) is 122 Å². The summed E-state index contributed by atoms with van der Waals surface area (Å²) in [7, 11) is 0. The van der Waals surface area contributed by atoms with Gasteiger partial charge in [0.15, 0.2) is 0 Å². The molecule has 2 N–H and O–H groups in total. The molecule has 0 aromatic rings. The van der Waals surface area contributed by atoms with Crippen molar-refractivity contribution in [1.29, 1.82) is 0 Å². The summed E-state index contributed by atoms with van der Waals surface area (Å²) >= 11 is 0. The van der Waals surface area contributed by atoms with Gasteiger partial charge in [-0.1, -0.05) is 78.1 Å². The fraction of sp³-hybridized carbons (Fsp3) is 0.952. The summed E-state index contributed by atoms with van der Waals surface area (Å²) in [6.07, 6.45) is 13.8. The molecule has 0 unspecified atom stereocenters. The third-order valence-electron chi connectivity index (χ3n) is 4.65. The van der Waals surface area contributed by atoms with Gasteiger partial charge in [0.1, 0.15) is 0 Å². The van der Waals surface area contributed by atoms with E-state index in [1.807, 2.05) is 6.92 Å². The van der Waals surface area contributed by atoms with Crippen molar-refractivity contribution >= 4 is 5.97 Å². The molecule has 0 saturated heterocycles. The number of esters is 1. The monoisotopic (exact) mass is 358 g/mol. The van der Waals surface area contributed by atoms with Crippen LogP contribution >= 0.6 is 0 Å². The minimum absolute atomic E-state index is 0.0879. The van der Waals surface area contributed by atoms with Gasteiger partial charge in [0.25, 0.3) is 0 Å². The zero-order chi connectivity index (χ0) is 18.8. The van der Waals surface area contributed by atoms with Gasteiger partial charge in [-0.05, 0) is 25.7 Å². The van der Waals surface area contributed by atoms with Crippen molar-refractivity contribution in [3.8, 4) is 0 Å². The summed E-state index contributed by atoms with van der Waals surface area (Å²) in [5, 5.41) is 20.0. The number of aliphatic hydroxyl groups is 2. The lowest BCUT2D eigenvalue weighted by Gasteiger charge is -2.17. The smallest absolute Gasteiger partial charge is 0.305 e. The normalized spacial score (nSPS) is 13.6. The van der Waals surface area contributed by atoms with Gasteiger partial charge in [0.2, 0.25) is 0 Å². The first-order valence-corrected chi connectivity index (χ1v) is 10.6. The van der Waals surface area contributed by atoms with Crippen LogP contribution in [0.25, 0.3) is 0 Å². The zero-order valence-corrected chi connectivity index (χ0v) is 16.7. The molecule has 0 rings (SSSR count). The van der Waals surface area contributed by atoms with E-state index in [0.717, 1.165) is 51.4 Å². The fourth-order valence-electron chi connectivity index (χ4n) is 2.96. The SMILES string of the molecule is CCCCCCCC[C@@H](O)[C@H](O)CCCCCCCC(=O)OCCC. The molecule has 25 heavy (non-hydrogen) atoms. The minimum Gasteiger partial charge on any atom is -0.466 e.